The number of rotatable bonds is 3. The predicted octanol–water partition coefficient (Wildman–Crippen LogP) is 0.410. The average Bonchev–Trinajstić information content (AvgIpc) is 2.65. The van der Waals surface area contributed by atoms with Gasteiger partial charge in [-0.05, 0) is 0 Å². The van der Waals surface area contributed by atoms with Crippen LogP contribution in [0, 0.1) is 0 Å². The molecule has 18 heavy (non-hydrogen) atoms. The molecule has 1 amide bonds. The molecule has 2 N–H and O–H groups in total. The monoisotopic (exact) mass is 280 g/mol. The van der Waals surface area contributed by atoms with Crippen molar-refractivity contribution in [2.75, 3.05) is 13.1 Å². The van der Waals surface area contributed by atoms with Crippen LogP contribution in [0.5, 0.6) is 0 Å². The summed E-state index contributed by atoms with van der Waals surface area (Å²) < 4.78 is 25.7. The van der Waals surface area contributed by atoms with E-state index in [0.717, 1.165) is 17.7 Å². The molecule has 1 atom stereocenters. The molecule has 1 aromatic heterocycles. The van der Waals surface area contributed by atoms with Crippen LogP contribution in [-0.4, -0.2) is 35.2 Å². The van der Waals surface area contributed by atoms with Gasteiger partial charge in [0, 0.05) is 31.8 Å². The second-order valence-electron chi connectivity index (χ2n) is 3.98. The summed E-state index contributed by atoms with van der Waals surface area (Å²) in [7, 11) is 1.77. The molecule has 2 rings (SSSR count). The van der Waals surface area contributed by atoms with E-state index in [9.17, 15) is 13.6 Å². The van der Waals surface area contributed by atoms with Crippen molar-refractivity contribution in [1.29, 1.82) is 0 Å². The molecule has 0 fully saturated rings. The van der Waals surface area contributed by atoms with Gasteiger partial charge in [-0.2, -0.15) is 5.10 Å². The molecule has 0 aromatic carbocycles. The molecule has 1 aromatic rings. The number of hydrogen-bond acceptors (Lipinski definition) is 3. The highest BCUT2D eigenvalue weighted by Crippen LogP contribution is 2.21. The molecule has 1 unspecified atom stereocenters. The maximum Gasteiger partial charge on any atom is 0.255 e. The van der Waals surface area contributed by atoms with Gasteiger partial charge >= 0.3 is 0 Å². The third-order valence-electron chi connectivity index (χ3n) is 2.65. The second-order valence-corrected chi connectivity index (χ2v) is 3.98. The van der Waals surface area contributed by atoms with Crippen molar-refractivity contribution in [3.05, 3.63) is 17.5 Å². The highest BCUT2D eigenvalue weighted by atomic mass is 35.5. The number of aromatic nitrogens is 2. The smallest absolute Gasteiger partial charge is 0.255 e. The summed E-state index contributed by atoms with van der Waals surface area (Å²) in [6.45, 7) is 0.00336. The number of amides is 1. The van der Waals surface area contributed by atoms with E-state index >= 15 is 0 Å². The van der Waals surface area contributed by atoms with Crippen molar-refractivity contribution in [2.45, 2.75) is 18.9 Å². The van der Waals surface area contributed by atoms with Gasteiger partial charge in [-0.1, -0.05) is 0 Å². The summed E-state index contributed by atoms with van der Waals surface area (Å²) in [6.07, 6.45) is -0.0426. The van der Waals surface area contributed by atoms with Crippen LogP contribution in [0.25, 0.3) is 0 Å². The highest BCUT2D eigenvalue weighted by Gasteiger charge is 2.28. The van der Waals surface area contributed by atoms with Crippen LogP contribution < -0.4 is 10.6 Å². The summed E-state index contributed by atoms with van der Waals surface area (Å²) in [6, 6.07) is -0.578. The molecule has 0 radical (unpaired) electrons. The fourth-order valence-corrected chi connectivity index (χ4v) is 1.95. The second kappa shape index (κ2) is 6.10. The third kappa shape index (κ3) is 3.17. The standard InChI is InChI=1S/C10H14F2N4O.ClH/c1-16-5-6-7(15-16)2-3-13-9(6)10(17)14-4-8(11)12;/h5,8-9,13H,2-4H2,1H3,(H,14,17);1H. The van der Waals surface area contributed by atoms with Gasteiger partial charge in [0.2, 0.25) is 5.91 Å². The first-order valence-corrected chi connectivity index (χ1v) is 5.39. The van der Waals surface area contributed by atoms with E-state index in [2.05, 4.69) is 15.7 Å². The maximum absolute atomic E-state index is 12.0. The summed E-state index contributed by atoms with van der Waals surface area (Å²) in [5, 5.41) is 9.44. The van der Waals surface area contributed by atoms with Crippen molar-refractivity contribution in [2.24, 2.45) is 7.05 Å². The number of carbonyl (C=O) groups is 1. The number of nitrogens with one attached hydrogen (secondary N) is 2. The molecule has 0 saturated carbocycles. The van der Waals surface area contributed by atoms with Crippen molar-refractivity contribution in [3.63, 3.8) is 0 Å². The summed E-state index contributed by atoms with van der Waals surface area (Å²) >= 11 is 0. The number of nitrogens with zero attached hydrogens (tertiary/aromatic N) is 2. The van der Waals surface area contributed by atoms with E-state index in [1.807, 2.05) is 0 Å². The lowest BCUT2D eigenvalue weighted by Gasteiger charge is -2.22. The number of fused-ring (bicyclic) bond motifs is 1. The number of alkyl halides is 2. The SMILES string of the molecule is Cl.Cn1cc2c(n1)CCNC2C(=O)NCC(F)F. The Hall–Kier alpha value is -1.21. The Morgan fingerprint density at radius 3 is 3.11 bits per heavy atom. The fraction of sp³-hybridized carbons (Fsp3) is 0.600. The number of halogens is 3. The molecule has 0 spiro atoms. The molecule has 0 bridgehead atoms. The van der Waals surface area contributed by atoms with Gasteiger partial charge in [0.1, 0.15) is 6.04 Å². The zero-order chi connectivity index (χ0) is 12.4. The molecule has 1 aliphatic rings. The zero-order valence-electron chi connectivity index (χ0n) is 9.82. The Kier molecular flexibility index (Phi) is 5.03. The number of carbonyl (C=O) groups excluding carboxylic acids is 1. The zero-order valence-corrected chi connectivity index (χ0v) is 10.6. The largest absolute Gasteiger partial charge is 0.349 e. The van der Waals surface area contributed by atoms with E-state index in [1.54, 1.807) is 17.9 Å². The Morgan fingerprint density at radius 2 is 2.44 bits per heavy atom. The van der Waals surface area contributed by atoms with Crippen LogP contribution in [0.3, 0.4) is 0 Å². The minimum Gasteiger partial charge on any atom is -0.349 e. The van der Waals surface area contributed by atoms with E-state index in [-0.39, 0.29) is 12.4 Å². The van der Waals surface area contributed by atoms with Crippen molar-refractivity contribution in [1.82, 2.24) is 20.4 Å². The van der Waals surface area contributed by atoms with Crippen LogP contribution in [0.2, 0.25) is 0 Å². The summed E-state index contributed by atoms with van der Waals surface area (Å²) in [5.74, 6) is -0.431. The first kappa shape index (κ1) is 14.8. The van der Waals surface area contributed by atoms with Gasteiger partial charge in [0.25, 0.3) is 6.43 Å². The quantitative estimate of drug-likeness (QED) is 0.843. The molecule has 102 valence electrons. The number of aryl methyl sites for hydroxylation is 1. The molecule has 0 aliphatic carbocycles. The lowest BCUT2D eigenvalue weighted by atomic mass is 10.0. The van der Waals surface area contributed by atoms with Crippen LogP contribution in [0.1, 0.15) is 17.3 Å². The number of hydrogen-bond donors (Lipinski definition) is 2. The minimum absolute atomic E-state index is 0. The molecule has 5 nitrogen and oxygen atoms in total. The summed E-state index contributed by atoms with van der Waals surface area (Å²) in [4.78, 5) is 11.7. The van der Waals surface area contributed by atoms with Gasteiger partial charge in [-0.25, -0.2) is 8.78 Å². The normalized spacial score (nSPS) is 18.1. The lowest BCUT2D eigenvalue weighted by molar-refractivity contribution is -0.124. The molecule has 2 heterocycles. The van der Waals surface area contributed by atoms with E-state index in [0.29, 0.717) is 6.54 Å². The van der Waals surface area contributed by atoms with Crippen molar-refractivity contribution >= 4 is 18.3 Å². The van der Waals surface area contributed by atoms with Gasteiger partial charge in [0.15, 0.2) is 0 Å². The fourth-order valence-electron chi connectivity index (χ4n) is 1.95. The maximum atomic E-state index is 12.0. The van der Waals surface area contributed by atoms with Crippen LogP contribution in [0.4, 0.5) is 8.78 Å². The third-order valence-corrected chi connectivity index (χ3v) is 2.65. The van der Waals surface area contributed by atoms with Gasteiger partial charge < -0.3 is 10.6 Å². The molecular formula is C10H15ClF2N4O. The van der Waals surface area contributed by atoms with E-state index in [4.69, 9.17) is 0 Å². The lowest BCUT2D eigenvalue weighted by Crippen LogP contribution is -2.42. The Bertz CT molecular complexity index is 424. The predicted molar refractivity (Wildman–Crippen MR) is 63.9 cm³/mol. The van der Waals surface area contributed by atoms with E-state index < -0.39 is 24.9 Å². The molecule has 8 heteroatoms. The van der Waals surface area contributed by atoms with Crippen molar-refractivity contribution in [3.8, 4) is 0 Å². The van der Waals surface area contributed by atoms with Gasteiger partial charge in [-0.3, -0.25) is 9.48 Å². The molecule has 1 aliphatic heterocycles. The Balaban J connectivity index is 0.00000162. The highest BCUT2D eigenvalue weighted by molar-refractivity contribution is 5.85. The van der Waals surface area contributed by atoms with Gasteiger partial charge in [0.05, 0.1) is 12.2 Å². The van der Waals surface area contributed by atoms with Crippen LogP contribution in [0.15, 0.2) is 6.20 Å². The van der Waals surface area contributed by atoms with Crippen LogP contribution in [-0.2, 0) is 18.3 Å². The Morgan fingerprint density at radius 1 is 1.72 bits per heavy atom. The molecule has 0 saturated heterocycles. The first-order chi connectivity index (χ1) is 8.08. The van der Waals surface area contributed by atoms with E-state index in [1.165, 1.54) is 0 Å². The first-order valence-electron chi connectivity index (χ1n) is 5.39. The summed E-state index contributed by atoms with van der Waals surface area (Å²) in [5.41, 5.74) is 1.62. The minimum atomic E-state index is -2.53. The average molecular weight is 281 g/mol. The molecular weight excluding hydrogens is 266 g/mol. The topological polar surface area (TPSA) is 59.0 Å². The Labute approximate surface area is 109 Å². The van der Waals surface area contributed by atoms with Crippen LogP contribution >= 0.6 is 12.4 Å². The van der Waals surface area contributed by atoms with Gasteiger partial charge in [-0.15, -0.1) is 12.4 Å². The van der Waals surface area contributed by atoms with Crippen molar-refractivity contribution < 1.29 is 13.6 Å².